The minimum atomic E-state index is -3.63. The lowest BCUT2D eigenvalue weighted by Gasteiger charge is -2.19. The largest absolute Gasteiger partial charge is 0.378 e. The van der Waals surface area contributed by atoms with Gasteiger partial charge in [-0.15, -0.1) is 12.4 Å². The number of hydrogen-bond acceptors (Lipinski definition) is 5. The summed E-state index contributed by atoms with van der Waals surface area (Å²) in [4.78, 5) is 11.9. The lowest BCUT2D eigenvalue weighted by atomic mass is 9.99. The summed E-state index contributed by atoms with van der Waals surface area (Å²) in [5.74, 6) is -1.32. The van der Waals surface area contributed by atoms with E-state index in [4.69, 9.17) is 4.74 Å². The van der Waals surface area contributed by atoms with E-state index in [1.54, 1.807) is 19.9 Å². The molecule has 1 aliphatic heterocycles. The van der Waals surface area contributed by atoms with Gasteiger partial charge in [-0.2, -0.15) is 0 Å². The fourth-order valence-corrected chi connectivity index (χ4v) is 3.28. The zero-order valence-electron chi connectivity index (χ0n) is 14.8. The lowest BCUT2D eigenvalue weighted by molar-refractivity contribution is -0.115. The number of anilines is 1. The Balaban J connectivity index is 0.00000338. The number of fused-ring (bicyclic) bond motifs is 1. The number of carbonyl (C=O) groups excluding carboxylic acids is 1. The number of amides is 1. The second-order valence-corrected chi connectivity index (χ2v) is 8.03. The van der Waals surface area contributed by atoms with Gasteiger partial charge in [0.15, 0.2) is 0 Å². The third-order valence-corrected chi connectivity index (χ3v) is 5.03. The van der Waals surface area contributed by atoms with Crippen molar-refractivity contribution in [3.63, 3.8) is 0 Å². The topological polar surface area (TPSA) is 96.5 Å². The predicted octanol–water partition coefficient (Wildman–Crippen LogP) is 1.18. The van der Waals surface area contributed by atoms with Crippen molar-refractivity contribution < 1.29 is 22.3 Å². The average Bonchev–Trinajstić information content (AvgIpc) is 2.55. The highest BCUT2D eigenvalue weighted by Gasteiger charge is 2.18. The SMILES string of the molecule is CC(C)OCCS(=O)(=O)NCC(=O)Nc1ccc2c(c1F)CCNC2.Cl. The Morgan fingerprint density at radius 1 is 1.38 bits per heavy atom. The van der Waals surface area contributed by atoms with E-state index in [0.717, 1.165) is 5.56 Å². The van der Waals surface area contributed by atoms with Crippen molar-refractivity contribution in [2.45, 2.75) is 32.9 Å². The van der Waals surface area contributed by atoms with Gasteiger partial charge in [0, 0.05) is 6.54 Å². The summed E-state index contributed by atoms with van der Waals surface area (Å²) in [7, 11) is -3.63. The van der Waals surface area contributed by atoms with Gasteiger partial charge < -0.3 is 15.4 Å². The number of nitrogens with one attached hydrogen (secondary N) is 3. The molecule has 7 nitrogen and oxygen atoms in total. The highest BCUT2D eigenvalue weighted by molar-refractivity contribution is 7.89. The van der Waals surface area contributed by atoms with Gasteiger partial charge in [-0.1, -0.05) is 6.07 Å². The smallest absolute Gasteiger partial charge is 0.239 e. The fraction of sp³-hybridized carbons (Fsp3) is 0.562. The van der Waals surface area contributed by atoms with Crippen LogP contribution in [0.1, 0.15) is 25.0 Å². The first-order valence-corrected chi connectivity index (χ1v) is 9.83. The van der Waals surface area contributed by atoms with E-state index in [1.807, 2.05) is 0 Å². The molecule has 1 heterocycles. The minimum Gasteiger partial charge on any atom is -0.378 e. The lowest BCUT2D eigenvalue weighted by Crippen LogP contribution is -2.35. The molecule has 0 unspecified atom stereocenters. The van der Waals surface area contributed by atoms with Crippen LogP contribution in [-0.2, 0) is 32.5 Å². The van der Waals surface area contributed by atoms with Gasteiger partial charge in [-0.3, -0.25) is 4.79 Å². The first-order chi connectivity index (χ1) is 11.8. The Morgan fingerprint density at radius 3 is 2.81 bits per heavy atom. The van der Waals surface area contributed by atoms with E-state index >= 15 is 0 Å². The standard InChI is InChI=1S/C16H24FN3O4S.ClH/c1-11(2)24-7-8-25(22,23)19-10-15(21)20-14-4-3-12-9-18-6-5-13(12)16(14)17;/h3-4,11,18-19H,5-10H2,1-2H3,(H,20,21);1H. The number of hydrogen-bond donors (Lipinski definition) is 3. The van der Waals surface area contributed by atoms with Crippen LogP contribution < -0.4 is 15.4 Å². The van der Waals surface area contributed by atoms with Gasteiger partial charge >= 0.3 is 0 Å². The molecule has 0 aliphatic carbocycles. The summed E-state index contributed by atoms with van der Waals surface area (Å²) in [6.07, 6.45) is 0.480. The summed E-state index contributed by atoms with van der Waals surface area (Å²) >= 11 is 0. The monoisotopic (exact) mass is 409 g/mol. The Labute approximate surface area is 159 Å². The highest BCUT2D eigenvalue weighted by Crippen LogP contribution is 2.24. The molecule has 0 radical (unpaired) electrons. The van der Waals surface area contributed by atoms with Crippen LogP contribution in [0.15, 0.2) is 12.1 Å². The molecule has 0 saturated heterocycles. The maximum Gasteiger partial charge on any atom is 0.239 e. The zero-order chi connectivity index (χ0) is 18.4. The number of halogens is 2. The summed E-state index contributed by atoms with van der Waals surface area (Å²) in [6, 6.07) is 3.25. The molecule has 0 bridgehead atoms. The molecule has 0 fully saturated rings. The van der Waals surface area contributed by atoms with Crippen LogP contribution >= 0.6 is 12.4 Å². The average molecular weight is 410 g/mol. The molecule has 0 atom stereocenters. The first-order valence-electron chi connectivity index (χ1n) is 8.18. The number of benzene rings is 1. The minimum absolute atomic E-state index is 0. The Kier molecular flexibility index (Phi) is 8.91. The molecule has 10 heteroatoms. The molecule has 1 aromatic carbocycles. The Hall–Kier alpha value is -1.26. The molecule has 0 saturated carbocycles. The van der Waals surface area contributed by atoms with Crippen LogP contribution in [0.4, 0.5) is 10.1 Å². The molecule has 26 heavy (non-hydrogen) atoms. The molecule has 148 valence electrons. The van der Waals surface area contributed by atoms with Crippen molar-refractivity contribution in [1.82, 2.24) is 10.0 Å². The number of carbonyl (C=O) groups is 1. The number of sulfonamides is 1. The third-order valence-electron chi connectivity index (χ3n) is 3.74. The zero-order valence-corrected chi connectivity index (χ0v) is 16.4. The van der Waals surface area contributed by atoms with Crippen LogP contribution in [0, 0.1) is 5.82 Å². The van der Waals surface area contributed by atoms with E-state index in [1.165, 1.54) is 6.07 Å². The summed E-state index contributed by atoms with van der Waals surface area (Å²) in [6.45, 7) is 4.47. The quantitative estimate of drug-likeness (QED) is 0.599. The van der Waals surface area contributed by atoms with Crippen molar-refractivity contribution in [3.05, 3.63) is 29.1 Å². The van der Waals surface area contributed by atoms with Crippen LogP contribution in [0.3, 0.4) is 0 Å². The van der Waals surface area contributed by atoms with Gasteiger partial charge in [-0.05, 0) is 44.0 Å². The molecular formula is C16H25ClFN3O4S. The molecule has 3 N–H and O–H groups in total. The molecule has 1 amide bonds. The molecular weight excluding hydrogens is 385 g/mol. The molecule has 1 aromatic rings. The maximum atomic E-state index is 14.4. The van der Waals surface area contributed by atoms with E-state index in [2.05, 4.69) is 15.4 Å². The Morgan fingerprint density at radius 2 is 2.12 bits per heavy atom. The summed E-state index contributed by atoms with van der Waals surface area (Å²) < 4.78 is 45.3. The number of rotatable bonds is 8. The van der Waals surface area contributed by atoms with Gasteiger partial charge in [0.1, 0.15) is 5.82 Å². The van der Waals surface area contributed by atoms with Crippen molar-refractivity contribution in [3.8, 4) is 0 Å². The molecule has 2 rings (SSSR count). The van der Waals surface area contributed by atoms with Crippen molar-refractivity contribution in [2.75, 3.05) is 30.8 Å². The van der Waals surface area contributed by atoms with E-state index in [9.17, 15) is 17.6 Å². The van der Waals surface area contributed by atoms with Gasteiger partial charge in [-0.25, -0.2) is 17.5 Å². The fourth-order valence-electron chi connectivity index (χ4n) is 2.47. The van der Waals surface area contributed by atoms with E-state index in [0.29, 0.717) is 25.1 Å². The van der Waals surface area contributed by atoms with E-state index in [-0.39, 0.29) is 36.6 Å². The van der Waals surface area contributed by atoms with Gasteiger partial charge in [0.2, 0.25) is 15.9 Å². The third kappa shape index (κ3) is 6.81. The molecule has 0 aromatic heterocycles. The van der Waals surface area contributed by atoms with Gasteiger partial charge in [0.25, 0.3) is 0 Å². The summed E-state index contributed by atoms with van der Waals surface area (Å²) in [5, 5.41) is 5.56. The first kappa shape index (κ1) is 22.8. The molecule has 1 aliphatic rings. The maximum absolute atomic E-state index is 14.4. The normalized spacial score (nSPS) is 13.8. The second-order valence-electron chi connectivity index (χ2n) is 6.10. The van der Waals surface area contributed by atoms with E-state index < -0.39 is 28.3 Å². The van der Waals surface area contributed by atoms with Crippen LogP contribution in [-0.4, -0.2) is 45.9 Å². The van der Waals surface area contributed by atoms with Crippen molar-refractivity contribution >= 4 is 34.0 Å². The number of ether oxygens (including phenoxy) is 1. The van der Waals surface area contributed by atoms with Crippen molar-refractivity contribution in [2.24, 2.45) is 0 Å². The van der Waals surface area contributed by atoms with Crippen LogP contribution in [0.2, 0.25) is 0 Å². The second kappa shape index (κ2) is 10.2. The summed E-state index contributed by atoms with van der Waals surface area (Å²) in [5.41, 5.74) is 1.52. The van der Waals surface area contributed by atoms with Crippen LogP contribution in [0.25, 0.3) is 0 Å². The highest BCUT2D eigenvalue weighted by atomic mass is 35.5. The Bertz CT molecular complexity index is 728. The predicted molar refractivity (Wildman–Crippen MR) is 101 cm³/mol. The van der Waals surface area contributed by atoms with Crippen molar-refractivity contribution in [1.29, 1.82) is 0 Å². The van der Waals surface area contributed by atoms with Crippen LogP contribution in [0.5, 0.6) is 0 Å². The molecule has 0 spiro atoms. The van der Waals surface area contributed by atoms with Gasteiger partial charge in [0.05, 0.1) is 30.7 Å².